The predicted octanol–water partition coefficient (Wildman–Crippen LogP) is -3.02. The van der Waals surface area contributed by atoms with E-state index >= 15 is 0 Å². The van der Waals surface area contributed by atoms with Crippen molar-refractivity contribution in [2.24, 2.45) is 4.99 Å². The first-order chi connectivity index (χ1) is 13.5. The molecule has 2 aromatic rings. The van der Waals surface area contributed by atoms with Gasteiger partial charge in [0.25, 0.3) is 5.91 Å². The summed E-state index contributed by atoms with van der Waals surface area (Å²) in [5, 5.41) is 41.2. The normalized spacial score (nSPS) is 21.4. The molecule has 1 fully saturated rings. The molecule has 1 amide bonds. The number of aromatic nitrogens is 6. The molecular formula is C13H10CaN8O4S3. The average molecular weight is 479 g/mol. The van der Waals surface area contributed by atoms with Crippen LogP contribution in [0.25, 0.3) is 0 Å². The van der Waals surface area contributed by atoms with Gasteiger partial charge in [-0.05, 0) is 21.9 Å². The van der Waals surface area contributed by atoms with Gasteiger partial charge in [-0.15, -0.1) is 27.1 Å². The van der Waals surface area contributed by atoms with Crippen molar-refractivity contribution in [3.05, 3.63) is 23.1 Å². The van der Waals surface area contributed by atoms with Gasteiger partial charge >= 0.3 is 37.7 Å². The van der Waals surface area contributed by atoms with Gasteiger partial charge in [0.15, 0.2) is 10.4 Å². The zero-order valence-electron chi connectivity index (χ0n) is 14.6. The minimum absolute atomic E-state index is 0. The molecule has 0 spiro atoms. The van der Waals surface area contributed by atoms with E-state index in [2.05, 4.69) is 30.7 Å². The summed E-state index contributed by atoms with van der Waals surface area (Å²) in [6, 6.07) is -0.930. The molecule has 2 aliphatic rings. The number of aliphatic carboxylic acids is 1. The molecule has 0 unspecified atom stereocenters. The zero-order chi connectivity index (χ0) is 19.7. The molecule has 146 valence electrons. The Morgan fingerprint density at radius 1 is 1.38 bits per heavy atom. The van der Waals surface area contributed by atoms with Crippen molar-refractivity contribution in [3.8, 4) is 0 Å². The van der Waals surface area contributed by atoms with Gasteiger partial charge in [-0.2, -0.15) is 0 Å². The van der Waals surface area contributed by atoms with Crippen molar-refractivity contribution >= 4 is 90.4 Å². The molecule has 2 atom stereocenters. The number of carboxylic acids is 1. The number of fused-ring (bicyclic) bond motifs is 1. The van der Waals surface area contributed by atoms with Crippen LogP contribution in [-0.2, 0) is 16.1 Å². The molecular weight excluding hydrogens is 468 g/mol. The Morgan fingerprint density at radius 3 is 2.86 bits per heavy atom. The second-order valence-electron chi connectivity index (χ2n) is 5.62. The second kappa shape index (κ2) is 9.70. The van der Waals surface area contributed by atoms with Gasteiger partial charge in [-0.3, -0.25) is 14.7 Å². The number of tetrazole rings is 1. The van der Waals surface area contributed by atoms with Crippen molar-refractivity contribution in [3.63, 3.8) is 0 Å². The summed E-state index contributed by atoms with van der Waals surface area (Å²) in [7, 11) is 0. The van der Waals surface area contributed by atoms with Gasteiger partial charge in [-0.25, -0.2) is 4.68 Å². The van der Waals surface area contributed by atoms with Crippen molar-refractivity contribution < 1.29 is 19.8 Å². The Bertz CT molecular complexity index is 951. The molecule has 29 heavy (non-hydrogen) atoms. The summed E-state index contributed by atoms with van der Waals surface area (Å²) in [5.74, 6) is -1.80. The number of hydrogen-bond donors (Lipinski definition) is 0. The van der Waals surface area contributed by atoms with E-state index in [0.717, 1.165) is 4.90 Å². The SMILES string of the molecule is O=C([O-])C1=C(CSc2nncs2)CS[C@@H]2[C@H](N=C([O-])Cn3cnnn3)C(=O)N12.[Ca+2]. The Hall–Kier alpha value is -1.26. The molecule has 12 nitrogen and oxygen atoms in total. The van der Waals surface area contributed by atoms with Crippen LogP contribution in [0.5, 0.6) is 0 Å². The van der Waals surface area contributed by atoms with E-state index in [1.165, 1.54) is 45.9 Å². The van der Waals surface area contributed by atoms with Gasteiger partial charge in [0.1, 0.15) is 17.2 Å². The number of aliphatic imine (C=N–C) groups is 1. The number of thioether (sulfide) groups is 2. The summed E-state index contributed by atoms with van der Waals surface area (Å²) in [4.78, 5) is 29.2. The Kier molecular flexibility index (Phi) is 7.50. The molecule has 4 rings (SSSR count). The number of amides is 1. The van der Waals surface area contributed by atoms with E-state index in [0.29, 0.717) is 21.4 Å². The van der Waals surface area contributed by atoms with Crippen LogP contribution in [0.15, 0.2) is 32.4 Å². The Labute approximate surface area is 205 Å². The fourth-order valence-corrected chi connectivity index (χ4v) is 5.67. The molecule has 1 saturated heterocycles. The third kappa shape index (κ3) is 4.74. The molecule has 0 aliphatic carbocycles. The zero-order valence-corrected chi connectivity index (χ0v) is 19.2. The third-order valence-electron chi connectivity index (χ3n) is 3.89. The Balaban J connectivity index is 0.00000240. The number of carbonyl (C=O) groups excluding carboxylic acids is 2. The standard InChI is InChI=1S/C13H12N8O4S3.Ca/c22-7(1-20-4-14-18-19-20)16-8-10(23)21-9(12(24)25)6(2-26-11(8)21)3-27-13-17-15-5-28-13;/h4-5,8,11H,1-3H2,(H,16,22)(H,24,25);/q;+2/p-2/t8-,11-;/m1./s1. The maximum Gasteiger partial charge on any atom is 2.00 e. The van der Waals surface area contributed by atoms with Gasteiger partial charge in [0, 0.05) is 11.5 Å². The van der Waals surface area contributed by atoms with E-state index < -0.39 is 29.2 Å². The van der Waals surface area contributed by atoms with Crippen molar-refractivity contribution in [1.29, 1.82) is 0 Å². The summed E-state index contributed by atoms with van der Waals surface area (Å²) >= 11 is 4.05. The van der Waals surface area contributed by atoms with Gasteiger partial charge in [0.2, 0.25) is 0 Å². The molecule has 0 N–H and O–H groups in total. The van der Waals surface area contributed by atoms with Crippen LogP contribution >= 0.6 is 34.9 Å². The number of carbonyl (C=O) groups is 2. The van der Waals surface area contributed by atoms with E-state index in [1.807, 2.05) is 0 Å². The fraction of sp³-hybridized carbons (Fsp3) is 0.385. The van der Waals surface area contributed by atoms with E-state index in [1.54, 1.807) is 5.51 Å². The predicted molar refractivity (Wildman–Crippen MR) is 101 cm³/mol. The molecule has 0 saturated carbocycles. The van der Waals surface area contributed by atoms with Crippen LogP contribution < -0.4 is 10.2 Å². The maximum atomic E-state index is 12.5. The van der Waals surface area contributed by atoms with Gasteiger partial charge in [-0.1, -0.05) is 23.1 Å². The van der Waals surface area contributed by atoms with Crippen molar-refractivity contribution in [1.82, 2.24) is 35.3 Å². The molecule has 4 heterocycles. The molecule has 2 aliphatic heterocycles. The third-order valence-corrected chi connectivity index (χ3v) is 7.17. The van der Waals surface area contributed by atoms with Crippen LogP contribution in [0.1, 0.15) is 0 Å². The number of hydrogen-bond acceptors (Lipinski definition) is 13. The second-order valence-corrected chi connectivity index (χ2v) is 8.78. The van der Waals surface area contributed by atoms with Crippen LogP contribution in [0.3, 0.4) is 0 Å². The Morgan fingerprint density at radius 2 is 2.21 bits per heavy atom. The number of β-lactam (4-membered cyclic amide) rings is 1. The van der Waals surface area contributed by atoms with Crippen LogP contribution in [-0.4, -0.2) is 114 Å². The van der Waals surface area contributed by atoms with Crippen LogP contribution in [0.2, 0.25) is 0 Å². The first kappa shape index (κ1) is 22.4. The number of carboxylic acid groups (broad SMARTS) is 1. The van der Waals surface area contributed by atoms with Gasteiger partial charge < -0.3 is 15.0 Å². The number of rotatable bonds is 7. The van der Waals surface area contributed by atoms with Crippen LogP contribution in [0, 0.1) is 0 Å². The van der Waals surface area contributed by atoms with E-state index in [-0.39, 0.29) is 50.0 Å². The molecule has 0 aromatic carbocycles. The van der Waals surface area contributed by atoms with E-state index in [4.69, 9.17) is 0 Å². The molecule has 2 aromatic heterocycles. The first-order valence-corrected chi connectivity index (χ1v) is 10.7. The molecule has 0 bridgehead atoms. The van der Waals surface area contributed by atoms with Crippen molar-refractivity contribution in [2.45, 2.75) is 22.3 Å². The summed E-state index contributed by atoms with van der Waals surface area (Å²) < 4.78 is 1.89. The summed E-state index contributed by atoms with van der Waals surface area (Å²) in [6.45, 7) is -0.193. The first-order valence-electron chi connectivity index (χ1n) is 7.76. The molecule has 0 radical (unpaired) electrons. The number of nitrogens with zero attached hydrogens (tertiary/aromatic N) is 8. The van der Waals surface area contributed by atoms with E-state index in [9.17, 15) is 19.8 Å². The maximum absolute atomic E-state index is 12.5. The summed E-state index contributed by atoms with van der Waals surface area (Å²) in [6.07, 6.45) is 1.26. The van der Waals surface area contributed by atoms with Crippen LogP contribution in [0.4, 0.5) is 0 Å². The van der Waals surface area contributed by atoms with Crippen molar-refractivity contribution in [2.75, 3.05) is 11.5 Å². The molecule has 16 heteroatoms. The fourth-order valence-electron chi connectivity index (χ4n) is 2.71. The minimum atomic E-state index is -1.43. The van der Waals surface area contributed by atoms with Gasteiger partial charge in [0.05, 0.1) is 18.2 Å². The monoisotopic (exact) mass is 478 g/mol. The summed E-state index contributed by atoms with van der Waals surface area (Å²) in [5.41, 5.74) is 2.00. The average Bonchev–Trinajstić information content (AvgIpc) is 3.37. The smallest absolute Gasteiger partial charge is 0.861 e. The largest absolute Gasteiger partial charge is 2.00 e. The topological polar surface area (TPSA) is 165 Å². The quantitative estimate of drug-likeness (QED) is 0.131. The minimum Gasteiger partial charge on any atom is -0.861 e.